The van der Waals surface area contributed by atoms with Gasteiger partial charge in [0.2, 0.25) is 11.7 Å². The number of amides is 2. The number of rotatable bonds is 22. The third-order valence-corrected chi connectivity index (χ3v) is 6.94. The van der Waals surface area contributed by atoms with Crippen molar-refractivity contribution in [3.63, 3.8) is 0 Å². The molecule has 242 valence electrons. The van der Waals surface area contributed by atoms with E-state index in [-0.39, 0.29) is 17.4 Å². The van der Waals surface area contributed by atoms with Crippen LogP contribution in [0.25, 0.3) is 0 Å². The molecule has 1 atom stereocenters. The average Bonchev–Trinajstić information content (AvgIpc) is 3.36. The van der Waals surface area contributed by atoms with Crippen molar-refractivity contribution in [2.24, 2.45) is 0 Å². The van der Waals surface area contributed by atoms with Crippen molar-refractivity contribution >= 4 is 17.6 Å². The molecule has 1 aliphatic rings. The van der Waals surface area contributed by atoms with Gasteiger partial charge in [0, 0.05) is 44.2 Å². The van der Waals surface area contributed by atoms with Gasteiger partial charge in [0.25, 0.3) is 5.91 Å². The molecular formula is C38H51N3O4. The number of benzene rings is 1. The second kappa shape index (κ2) is 23.2. The molecule has 0 bridgehead atoms. The summed E-state index contributed by atoms with van der Waals surface area (Å²) in [5.41, 5.74) is -0.480. The number of hydrogen-bond donors (Lipinski definition) is 3. The van der Waals surface area contributed by atoms with Gasteiger partial charge in [0.15, 0.2) is 11.4 Å². The Morgan fingerprint density at radius 3 is 1.78 bits per heavy atom. The van der Waals surface area contributed by atoms with Gasteiger partial charge in [-0.2, -0.15) is 0 Å². The van der Waals surface area contributed by atoms with E-state index in [0.29, 0.717) is 44.6 Å². The van der Waals surface area contributed by atoms with Crippen LogP contribution in [0, 0.1) is 0 Å². The first-order valence-corrected chi connectivity index (χ1v) is 16.1. The number of ether oxygens (including phenoxy) is 1. The van der Waals surface area contributed by atoms with E-state index in [1.165, 1.54) is 6.08 Å². The summed E-state index contributed by atoms with van der Waals surface area (Å²) >= 11 is 0. The van der Waals surface area contributed by atoms with Crippen molar-refractivity contribution in [3.8, 4) is 0 Å². The summed E-state index contributed by atoms with van der Waals surface area (Å²) in [7, 11) is 0. The summed E-state index contributed by atoms with van der Waals surface area (Å²) in [6.45, 7) is 5.80. The number of hydrogen-bond acceptors (Lipinski definition) is 5. The maximum atomic E-state index is 12.5. The van der Waals surface area contributed by atoms with Crippen molar-refractivity contribution in [1.29, 1.82) is 0 Å². The van der Waals surface area contributed by atoms with Crippen LogP contribution in [0.5, 0.6) is 0 Å². The molecule has 7 nitrogen and oxygen atoms in total. The topological polar surface area (TPSA) is 96.5 Å². The van der Waals surface area contributed by atoms with Crippen LogP contribution in [0.15, 0.2) is 115 Å². The largest absolute Gasteiger partial charge is 0.469 e. The third-order valence-electron chi connectivity index (χ3n) is 6.94. The van der Waals surface area contributed by atoms with Gasteiger partial charge in [-0.1, -0.05) is 110 Å². The van der Waals surface area contributed by atoms with Crippen molar-refractivity contribution in [3.05, 3.63) is 121 Å². The minimum absolute atomic E-state index is 0.0149. The Morgan fingerprint density at radius 1 is 0.711 bits per heavy atom. The predicted octanol–water partition coefficient (Wildman–Crippen LogP) is 6.68. The van der Waals surface area contributed by atoms with Gasteiger partial charge in [-0.25, -0.2) is 0 Å². The molecule has 1 heterocycles. The average molecular weight is 614 g/mol. The van der Waals surface area contributed by atoms with Gasteiger partial charge in [-0.05, 0) is 51.9 Å². The lowest BCUT2D eigenvalue weighted by Gasteiger charge is -2.24. The highest BCUT2D eigenvalue weighted by atomic mass is 16.5. The molecule has 0 saturated carbocycles. The van der Waals surface area contributed by atoms with Gasteiger partial charge in [0.05, 0.1) is 0 Å². The SMILES string of the molecule is CC/C=C\C/C=C\C/C=C\C/C=C\C/C=C\C/C=C\CCC(=O)NCCNCCNC(=O)C1=CC(=O)C(C)(c2ccccc2)O1. The van der Waals surface area contributed by atoms with Crippen LogP contribution in [0.1, 0.15) is 70.8 Å². The lowest BCUT2D eigenvalue weighted by atomic mass is 9.92. The normalized spacial score (nSPS) is 17.0. The molecule has 0 saturated heterocycles. The molecule has 3 N–H and O–H groups in total. The standard InChI is InChI=1S/C38H51N3O4/c1-3-4-5-6-7-8-9-10-11-12-13-14-15-16-17-18-19-20-24-27-36(43)40-30-28-39-29-31-41-37(44)34-32-35(42)38(2,45-34)33-25-22-21-23-26-33/h4-5,7-8,10-11,13-14,16-17,19-23,25-26,32,39H,3,6,9,12,15,18,24,27-31H2,1-2H3,(H,40,43)(H,41,44)/b5-4-,8-7-,11-10-,14-13-,17-16-,20-19-. The Balaban J connectivity index is 1.42. The van der Waals surface area contributed by atoms with E-state index < -0.39 is 11.5 Å². The van der Waals surface area contributed by atoms with Gasteiger partial charge >= 0.3 is 0 Å². The molecule has 45 heavy (non-hydrogen) atoms. The van der Waals surface area contributed by atoms with Crippen LogP contribution in [0.3, 0.4) is 0 Å². The zero-order valence-corrected chi connectivity index (χ0v) is 27.0. The van der Waals surface area contributed by atoms with E-state index in [1.54, 1.807) is 19.1 Å². The first kappa shape index (κ1) is 37.0. The summed E-state index contributed by atoms with van der Waals surface area (Å²) in [5.74, 6) is -0.646. The van der Waals surface area contributed by atoms with Crippen LogP contribution in [-0.2, 0) is 24.7 Å². The smallest absolute Gasteiger partial charge is 0.286 e. The number of ketones is 1. The van der Waals surface area contributed by atoms with Crippen molar-refractivity contribution in [2.45, 2.75) is 70.8 Å². The van der Waals surface area contributed by atoms with Gasteiger partial charge in [0.1, 0.15) is 0 Å². The number of allylic oxidation sites excluding steroid dienone is 12. The molecule has 1 aromatic rings. The highest BCUT2D eigenvalue weighted by molar-refractivity contribution is 6.07. The molecule has 1 aromatic carbocycles. The third kappa shape index (κ3) is 15.9. The highest BCUT2D eigenvalue weighted by Gasteiger charge is 2.43. The second-order valence-electron chi connectivity index (χ2n) is 10.7. The monoisotopic (exact) mass is 613 g/mol. The summed E-state index contributed by atoms with van der Waals surface area (Å²) in [4.78, 5) is 37.0. The molecule has 0 aliphatic carbocycles. The lowest BCUT2D eigenvalue weighted by molar-refractivity contribution is -0.132. The number of nitrogens with one attached hydrogen (secondary N) is 3. The van der Waals surface area contributed by atoms with Crippen molar-refractivity contribution in [1.82, 2.24) is 16.0 Å². The van der Waals surface area contributed by atoms with Crippen LogP contribution >= 0.6 is 0 Å². The minimum Gasteiger partial charge on any atom is -0.469 e. The van der Waals surface area contributed by atoms with Gasteiger partial charge < -0.3 is 20.7 Å². The van der Waals surface area contributed by atoms with E-state index in [4.69, 9.17) is 4.74 Å². The maximum absolute atomic E-state index is 12.5. The number of carbonyl (C=O) groups excluding carboxylic acids is 3. The molecule has 7 heteroatoms. The summed E-state index contributed by atoms with van der Waals surface area (Å²) in [6.07, 6.45) is 34.2. The molecule has 1 aliphatic heterocycles. The quantitative estimate of drug-likeness (QED) is 0.100. The first-order valence-electron chi connectivity index (χ1n) is 16.1. The molecule has 0 radical (unpaired) electrons. The maximum Gasteiger partial charge on any atom is 0.286 e. The van der Waals surface area contributed by atoms with Crippen molar-refractivity contribution < 1.29 is 19.1 Å². The van der Waals surface area contributed by atoms with Crippen LogP contribution in [0.2, 0.25) is 0 Å². The van der Waals surface area contributed by atoms with Crippen LogP contribution in [-0.4, -0.2) is 43.8 Å². The fraction of sp³-hybridized carbons (Fsp3) is 0.395. The summed E-state index contributed by atoms with van der Waals surface area (Å²) in [5, 5.41) is 8.83. The highest BCUT2D eigenvalue weighted by Crippen LogP contribution is 2.34. The Hall–Kier alpha value is -4.23. The van der Waals surface area contributed by atoms with E-state index in [1.807, 2.05) is 24.3 Å². The fourth-order valence-electron chi connectivity index (χ4n) is 4.33. The summed E-state index contributed by atoms with van der Waals surface area (Å²) in [6, 6.07) is 9.13. The number of carbonyl (C=O) groups is 3. The molecule has 1 unspecified atom stereocenters. The molecule has 0 spiro atoms. The molecule has 2 amide bonds. The molecule has 0 aromatic heterocycles. The lowest BCUT2D eigenvalue weighted by Crippen LogP contribution is -2.37. The van der Waals surface area contributed by atoms with E-state index in [0.717, 1.165) is 38.5 Å². The molecule has 0 fully saturated rings. The Labute approximate surface area is 270 Å². The first-order chi connectivity index (χ1) is 22.0. The van der Waals surface area contributed by atoms with Crippen LogP contribution in [0.4, 0.5) is 0 Å². The second-order valence-corrected chi connectivity index (χ2v) is 10.7. The van der Waals surface area contributed by atoms with Crippen molar-refractivity contribution in [2.75, 3.05) is 26.2 Å². The molecule has 2 rings (SSSR count). The Morgan fingerprint density at radius 2 is 1.22 bits per heavy atom. The summed E-state index contributed by atoms with van der Waals surface area (Å²) < 4.78 is 5.75. The van der Waals surface area contributed by atoms with Gasteiger partial charge in [-0.3, -0.25) is 14.4 Å². The van der Waals surface area contributed by atoms with E-state index in [9.17, 15) is 14.4 Å². The van der Waals surface area contributed by atoms with E-state index >= 15 is 0 Å². The van der Waals surface area contributed by atoms with E-state index in [2.05, 4.69) is 89.7 Å². The zero-order chi connectivity index (χ0) is 32.4. The van der Waals surface area contributed by atoms with Crippen LogP contribution < -0.4 is 16.0 Å². The zero-order valence-electron chi connectivity index (χ0n) is 27.0. The predicted molar refractivity (Wildman–Crippen MR) is 184 cm³/mol. The minimum atomic E-state index is -1.18. The Bertz CT molecular complexity index is 1240. The van der Waals surface area contributed by atoms with Gasteiger partial charge in [-0.15, -0.1) is 0 Å². The fourth-order valence-corrected chi connectivity index (χ4v) is 4.33. The Kier molecular flexibility index (Phi) is 19.0. The molecular weight excluding hydrogens is 562 g/mol.